The summed E-state index contributed by atoms with van der Waals surface area (Å²) in [5.74, 6) is 2.08. The maximum atomic E-state index is 6.19. The predicted molar refractivity (Wildman–Crippen MR) is 120 cm³/mol. The van der Waals surface area contributed by atoms with Gasteiger partial charge in [-0.1, -0.05) is 29.3 Å². The summed E-state index contributed by atoms with van der Waals surface area (Å²) < 4.78 is 5.60. The van der Waals surface area contributed by atoms with Gasteiger partial charge in [0.15, 0.2) is 0 Å². The third-order valence-corrected chi connectivity index (χ3v) is 5.26. The van der Waals surface area contributed by atoms with Crippen LogP contribution in [0.25, 0.3) is 0 Å². The lowest BCUT2D eigenvalue weighted by molar-refractivity contribution is 0.210. The molecule has 1 saturated heterocycles. The monoisotopic (exact) mass is 437 g/mol. The molecule has 1 fully saturated rings. The summed E-state index contributed by atoms with van der Waals surface area (Å²) in [6.45, 7) is 9.60. The van der Waals surface area contributed by atoms with Crippen LogP contribution in [0.2, 0.25) is 10.2 Å². The van der Waals surface area contributed by atoms with Crippen LogP contribution in [0.1, 0.15) is 39.2 Å². The van der Waals surface area contributed by atoms with Gasteiger partial charge < -0.3 is 15.4 Å². The molecule has 1 aliphatic heterocycles. The van der Waals surface area contributed by atoms with Crippen LogP contribution >= 0.6 is 23.2 Å². The minimum atomic E-state index is 0.285. The van der Waals surface area contributed by atoms with Crippen molar-refractivity contribution in [2.75, 3.05) is 30.3 Å². The summed E-state index contributed by atoms with van der Waals surface area (Å²) in [5, 5.41) is 7.81. The first kappa shape index (κ1) is 21.9. The van der Waals surface area contributed by atoms with E-state index < -0.39 is 0 Å². The highest BCUT2D eigenvalue weighted by molar-refractivity contribution is 6.32. The van der Waals surface area contributed by atoms with E-state index in [2.05, 4.69) is 45.4 Å². The Labute approximate surface area is 183 Å². The Morgan fingerprint density at radius 1 is 1.17 bits per heavy atom. The van der Waals surface area contributed by atoms with E-state index >= 15 is 0 Å². The Morgan fingerprint density at radius 3 is 2.62 bits per heavy atom. The van der Waals surface area contributed by atoms with Crippen molar-refractivity contribution in [2.45, 2.75) is 52.2 Å². The molecule has 158 valence electrons. The van der Waals surface area contributed by atoms with Crippen molar-refractivity contribution in [3.63, 3.8) is 0 Å². The molecule has 1 aromatic carbocycles. The molecule has 8 heteroatoms. The molecule has 1 aliphatic rings. The molecule has 0 aliphatic carbocycles. The van der Waals surface area contributed by atoms with E-state index in [1.54, 1.807) is 6.07 Å². The molecular formula is C21H29Cl2N5O. The van der Waals surface area contributed by atoms with Gasteiger partial charge in [0.2, 0.25) is 5.95 Å². The molecule has 0 saturated carbocycles. The highest BCUT2D eigenvalue weighted by atomic mass is 35.5. The van der Waals surface area contributed by atoms with E-state index in [1.807, 2.05) is 19.1 Å². The number of likely N-dealkylation sites (tertiary alicyclic amines) is 1. The number of anilines is 2. The number of aromatic nitrogens is 2. The van der Waals surface area contributed by atoms with Gasteiger partial charge in [0.05, 0.1) is 11.6 Å². The number of nitrogens with one attached hydrogen (secondary N) is 2. The lowest BCUT2D eigenvalue weighted by Gasteiger charge is -2.32. The van der Waals surface area contributed by atoms with E-state index in [0.717, 1.165) is 44.0 Å². The summed E-state index contributed by atoms with van der Waals surface area (Å²) >= 11 is 12.3. The van der Waals surface area contributed by atoms with Crippen molar-refractivity contribution >= 4 is 35.0 Å². The highest BCUT2D eigenvalue weighted by Crippen LogP contribution is 2.27. The van der Waals surface area contributed by atoms with E-state index in [1.165, 1.54) is 5.56 Å². The number of hydrogen-bond donors (Lipinski definition) is 2. The van der Waals surface area contributed by atoms with Crippen LogP contribution in [0, 0.1) is 0 Å². The largest absolute Gasteiger partial charge is 0.492 e. The molecule has 1 aromatic heterocycles. The van der Waals surface area contributed by atoms with E-state index in [0.29, 0.717) is 28.8 Å². The summed E-state index contributed by atoms with van der Waals surface area (Å²) in [6.07, 6.45) is 2.05. The third-order valence-electron chi connectivity index (χ3n) is 4.75. The van der Waals surface area contributed by atoms with Gasteiger partial charge in [-0.05, 0) is 51.3 Å². The molecule has 0 bridgehead atoms. The standard InChI is InChI=1S/C21H29Cl2N5O/c1-4-29-18-11-15(5-6-17(18)22)13-28-9-7-16(8-10-28)25-21-26-19(23)12-20(27-21)24-14(2)3/h5-6,11-12,14,16H,4,7-10,13H2,1-3H3,(H2,24,25,26,27). The topological polar surface area (TPSA) is 62.3 Å². The predicted octanol–water partition coefficient (Wildman–Crippen LogP) is 5.08. The number of nitrogens with zero attached hydrogens (tertiary/aromatic N) is 3. The van der Waals surface area contributed by atoms with Gasteiger partial charge in [0, 0.05) is 37.8 Å². The van der Waals surface area contributed by atoms with Crippen LogP contribution in [0.3, 0.4) is 0 Å². The van der Waals surface area contributed by atoms with Crippen molar-refractivity contribution in [1.82, 2.24) is 14.9 Å². The van der Waals surface area contributed by atoms with Crippen molar-refractivity contribution in [3.8, 4) is 5.75 Å². The Balaban J connectivity index is 1.53. The van der Waals surface area contributed by atoms with Crippen LogP contribution in [-0.4, -0.2) is 46.6 Å². The Kier molecular flexibility index (Phi) is 7.81. The second-order valence-corrected chi connectivity index (χ2v) is 8.39. The van der Waals surface area contributed by atoms with Crippen LogP contribution in [0.4, 0.5) is 11.8 Å². The third kappa shape index (κ3) is 6.63. The second-order valence-electron chi connectivity index (χ2n) is 7.59. The van der Waals surface area contributed by atoms with E-state index in [-0.39, 0.29) is 6.04 Å². The fraction of sp³-hybridized carbons (Fsp3) is 0.524. The van der Waals surface area contributed by atoms with Crippen molar-refractivity contribution in [1.29, 1.82) is 0 Å². The normalized spacial score (nSPS) is 15.5. The molecule has 0 amide bonds. The first-order chi connectivity index (χ1) is 13.9. The van der Waals surface area contributed by atoms with Gasteiger partial charge in [-0.3, -0.25) is 4.90 Å². The average Bonchev–Trinajstić information content (AvgIpc) is 2.65. The molecule has 0 spiro atoms. The van der Waals surface area contributed by atoms with Gasteiger partial charge in [0.1, 0.15) is 16.7 Å². The number of piperidine rings is 1. The molecule has 0 radical (unpaired) electrons. The number of rotatable bonds is 8. The fourth-order valence-electron chi connectivity index (χ4n) is 3.44. The zero-order chi connectivity index (χ0) is 20.8. The Morgan fingerprint density at radius 2 is 1.93 bits per heavy atom. The van der Waals surface area contributed by atoms with Gasteiger partial charge >= 0.3 is 0 Å². The fourth-order valence-corrected chi connectivity index (χ4v) is 3.80. The molecular weight excluding hydrogens is 409 g/mol. The average molecular weight is 438 g/mol. The quantitative estimate of drug-likeness (QED) is 0.561. The zero-order valence-corrected chi connectivity index (χ0v) is 18.7. The molecule has 29 heavy (non-hydrogen) atoms. The lowest BCUT2D eigenvalue weighted by Crippen LogP contribution is -2.39. The van der Waals surface area contributed by atoms with Crippen molar-refractivity contribution < 1.29 is 4.74 Å². The maximum Gasteiger partial charge on any atom is 0.226 e. The molecule has 2 N–H and O–H groups in total. The van der Waals surface area contributed by atoms with Crippen molar-refractivity contribution in [2.24, 2.45) is 0 Å². The smallest absolute Gasteiger partial charge is 0.226 e. The minimum absolute atomic E-state index is 0.285. The van der Waals surface area contributed by atoms with Crippen LogP contribution in [0.5, 0.6) is 5.75 Å². The van der Waals surface area contributed by atoms with Crippen LogP contribution in [0.15, 0.2) is 24.3 Å². The number of halogens is 2. The minimum Gasteiger partial charge on any atom is -0.492 e. The van der Waals surface area contributed by atoms with Gasteiger partial charge in [-0.2, -0.15) is 4.98 Å². The molecule has 2 heterocycles. The SMILES string of the molecule is CCOc1cc(CN2CCC(Nc3nc(Cl)cc(NC(C)C)n3)CC2)ccc1Cl. The Bertz CT molecular complexity index is 810. The summed E-state index contributed by atoms with van der Waals surface area (Å²) in [6, 6.07) is 8.39. The maximum absolute atomic E-state index is 6.19. The lowest BCUT2D eigenvalue weighted by atomic mass is 10.0. The first-order valence-corrected chi connectivity index (χ1v) is 10.9. The highest BCUT2D eigenvalue weighted by Gasteiger charge is 2.20. The zero-order valence-electron chi connectivity index (χ0n) is 17.2. The van der Waals surface area contributed by atoms with Gasteiger partial charge in [-0.25, -0.2) is 4.98 Å². The number of benzene rings is 1. The number of ether oxygens (including phenoxy) is 1. The second kappa shape index (κ2) is 10.3. The molecule has 0 unspecified atom stereocenters. The van der Waals surface area contributed by atoms with Gasteiger partial charge in [0.25, 0.3) is 0 Å². The Hall–Kier alpha value is -1.76. The first-order valence-electron chi connectivity index (χ1n) is 10.1. The van der Waals surface area contributed by atoms with E-state index in [9.17, 15) is 0 Å². The molecule has 0 atom stereocenters. The number of hydrogen-bond acceptors (Lipinski definition) is 6. The summed E-state index contributed by atoms with van der Waals surface area (Å²) in [5.41, 5.74) is 1.21. The summed E-state index contributed by atoms with van der Waals surface area (Å²) in [4.78, 5) is 11.3. The summed E-state index contributed by atoms with van der Waals surface area (Å²) in [7, 11) is 0. The van der Waals surface area contributed by atoms with Crippen LogP contribution < -0.4 is 15.4 Å². The van der Waals surface area contributed by atoms with Crippen LogP contribution in [-0.2, 0) is 6.54 Å². The van der Waals surface area contributed by atoms with E-state index in [4.69, 9.17) is 27.9 Å². The molecule has 3 rings (SSSR count). The van der Waals surface area contributed by atoms with Gasteiger partial charge in [-0.15, -0.1) is 0 Å². The molecule has 2 aromatic rings. The molecule has 6 nitrogen and oxygen atoms in total. The van der Waals surface area contributed by atoms with Crippen molar-refractivity contribution in [3.05, 3.63) is 40.0 Å².